The van der Waals surface area contributed by atoms with E-state index in [0.29, 0.717) is 29.2 Å². The average Bonchev–Trinajstić information content (AvgIpc) is 3.02. The van der Waals surface area contributed by atoms with E-state index in [1.54, 1.807) is 6.92 Å². The van der Waals surface area contributed by atoms with Gasteiger partial charge in [-0.25, -0.2) is 9.97 Å². The summed E-state index contributed by atoms with van der Waals surface area (Å²) < 4.78 is 5.70. The van der Waals surface area contributed by atoms with Crippen molar-refractivity contribution >= 4 is 27.9 Å². The number of benzene rings is 2. The largest absolute Gasteiger partial charge is 0.459 e. The normalized spacial score (nSPS) is 11.0. The van der Waals surface area contributed by atoms with Crippen molar-refractivity contribution in [3.8, 4) is 0 Å². The van der Waals surface area contributed by atoms with Crippen LogP contribution in [-0.4, -0.2) is 15.9 Å². The van der Waals surface area contributed by atoms with Gasteiger partial charge in [-0.1, -0.05) is 30.3 Å². The number of furan rings is 1. The lowest BCUT2D eigenvalue weighted by Crippen LogP contribution is -2.25. The minimum Gasteiger partial charge on any atom is -0.459 e. The van der Waals surface area contributed by atoms with Gasteiger partial charge >= 0.3 is 0 Å². The maximum absolute atomic E-state index is 12.4. The first-order chi connectivity index (χ1) is 11.7. The van der Waals surface area contributed by atoms with E-state index in [4.69, 9.17) is 4.42 Å². The second kappa shape index (κ2) is 5.77. The van der Waals surface area contributed by atoms with Gasteiger partial charge in [-0.2, -0.15) is 0 Å². The monoisotopic (exact) mass is 317 g/mol. The van der Waals surface area contributed by atoms with Gasteiger partial charge in [0.25, 0.3) is 5.91 Å². The van der Waals surface area contributed by atoms with Crippen molar-refractivity contribution in [2.45, 2.75) is 13.5 Å². The molecule has 0 unspecified atom stereocenters. The van der Waals surface area contributed by atoms with E-state index in [-0.39, 0.29) is 5.91 Å². The van der Waals surface area contributed by atoms with E-state index in [0.717, 1.165) is 16.5 Å². The first-order valence-electron chi connectivity index (χ1n) is 7.70. The Kier molecular flexibility index (Phi) is 3.46. The van der Waals surface area contributed by atoms with Gasteiger partial charge in [-0.05, 0) is 31.2 Å². The SMILES string of the molecule is Cc1nc2ccccc2nc1C(=O)NCc1cc2ccccc2o1. The number of nitrogens with one attached hydrogen (secondary N) is 1. The molecule has 2 heterocycles. The zero-order chi connectivity index (χ0) is 16.5. The molecule has 0 aliphatic carbocycles. The molecule has 1 amide bonds. The number of carbonyl (C=O) groups excluding carboxylic acids is 1. The van der Waals surface area contributed by atoms with Gasteiger partial charge in [-0.15, -0.1) is 0 Å². The molecule has 4 rings (SSSR count). The molecule has 0 radical (unpaired) electrons. The average molecular weight is 317 g/mol. The molecule has 0 fully saturated rings. The van der Waals surface area contributed by atoms with Crippen molar-refractivity contribution < 1.29 is 9.21 Å². The number of fused-ring (bicyclic) bond motifs is 2. The molecule has 2 aromatic heterocycles. The molecule has 4 aromatic rings. The molecule has 0 spiro atoms. The molecule has 0 aliphatic heterocycles. The first-order valence-corrected chi connectivity index (χ1v) is 7.70. The Morgan fingerprint density at radius 1 is 1.04 bits per heavy atom. The van der Waals surface area contributed by atoms with Crippen LogP contribution in [0.25, 0.3) is 22.0 Å². The second-order valence-corrected chi connectivity index (χ2v) is 5.58. The van der Waals surface area contributed by atoms with E-state index in [2.05, 4.69) is 15.3 Å². The number of hydrogen-bond donors (Lipinski definition) is 1. The highest BCUT2D eigenvalue weighted by Crippen LogP contribution is 2.19. The summed E-state index contributed by atoms with van der Waals surface area (Å²) in [6, 6.07) is 17.2. The van der Waals surface area contributed by atoms with Crippen LogP contribution in [0.5, 0.6) is 0 Å². The van der Waals surface area contributed by atoms with Crippen molar-refractivity contribution in [1.82, 2.24) is 15.3 Å². The number of rotatable bonds is 3. The Morgan fingerprint density at radius 3 is 2.54 bits per heavy atom. The lowest BCUT2D eigenvalue weighted by Gasteiger charge is -2.06. The van der Waals surface area contributed by atoms with Crippen LogP contribution in [-0.2, 0) is 6.54 Å². The minimum atomic E-state index is -0.258. The van der Waals surface area contributed by atoms with Crippen LogP contribution in [0.1, 0.15) is 21.9 Å². The maximum Gasteiger partial charge on any atom is 0.272 e. The second-order valence-electron chi connectivity index (χ2n) is 5.58. The third kappa shape index (κ3) is 2.60. The van der Waals surface area contributed by atoms with E-state index in [1.165, 1.54) is 0 Å². The van der Waals surface area contributed by atoms with Gasteiger partial charge in [0, 0.05) is 5.39 Å². The summed E-state index contributed by atoms with van der Waals surface area (Å²) in [5.74, 6) is 0.446. The number of aromatic nitrogens is 2. The maximum atomic E-state index is 12.4. The lowest BCUT2D eigenvalue weighted by atomic mass is 10.2. The number of carbonyl (C=O) groups is 1. The Balaban J connectivity index is 1.56. The molecule has 2 aromatic carbocycles. The molecular formula is C19H15N3O2. The number of aryl methyl sites for hydroxylation is 1. The van der Waals surface area contributed by atoms with Crippen LogP contribution in [0.15, 0.2) is 59.0 Å². The van der Waals surface area contributed by atoms with E-state index in [1.807, 2.05) is 54.6 Å². The van der Waals surface area contributed by atoms with Crippen molar-refractivity contribution in [2.24, 2.45) is 0 Å². The number of nitrogens with zero attached hydrogens (tertiary/aromatic N) is 2. The predicted molar refractivity (Wildman–Crippen MR) is 91.7 cm³/mol. The Bertz CT molecular complexity index is 1020. The number of para-hydroxylation sites is 3. The van der Waals surface area contributed by atoms with E-state index in [9.17, 15) is 4.79 Å². The molecule has 0 bridgehead atoms. The van der Waals surface area contributed by atoms with Gasteiger partial charge in [-0.3, -0.25) is 4.79 Å². The molecule has 24 heavy (non-hydrogen) atoms. The zero-order valence-corrected chi connectivity index (χ0v) is 13.1. The summed E-state index contributed by atoms with van der Waals surface area (Å²) in [6.45, 7) is 2.09. The summed E-state index contributed by atoms with van der Waals surface area (Å²) in [7, 11) is 0. The smallest absolute Gasteiger partial charge is 0.272 e. The van der Waals surface area contributed by atoms with Crippen LogP contribution < -0.4 is 5.32 Å². The van der Waals surface area contributed by atoms with Crippen molar-refractivity contribution in [3.05, 3.63) is 71.7 Å². The fourth-order valence-electron chi connectivity index (χ4n) is 2.68. The quantitative estimate of drug-likeness (QED) is 0.626. The zero-order valence-electron chi connectivity index (χ0n) is 13.1. The highest BCUT2D eigenvalue weighted by atomic mass is 16.3. The number of hydrogen-bond acceptors (Lipinski definition) is 4. The minimum absolute atomic E-state index is 0.258. The molecule has 118 valence electrons. The molecule has 5 nitrogen and oxygen atoms in total. The standard InChI is InChI=1S/C19H15N3O2/c1-12-18(22-16-8-4-3-7-15(16)21-12)19(23)20-11-14-10-13-6-2-5-9-17(13)24-14/h2-10H,11H2,1H3,(H,20,23). The van der Waals surface area contributed by atoms with Gasteiger partial charge in [0.2, 0.25) is 0 Å². The molecular weight excluding hydrogens is 302 g/mol. The lowest BCUT2D eigenvalue weighted by molar-refractivity contribution is 0.0942. The van der Waals surface area contributed by atoms with Crippen molar-refractivity contribution in [2.75, 3.05) is 0 Å². The van der Waals surface area contributed by atoms with E-state index >= 15 is 0 Å². The first kappa shape index (κ1) is 14.4. The predicted octanol–water partition coefficient (Wildman–Crippen LogP) is 3.61. The molecule has 0 atom stereocenters. The van der Waals surface area contributed by atoms with Gasteiger partial charge in [0.15, 0.2) is 0 Å². The Morgan fingerprint density at radius 2 is 1.75 bits per heavy atom. The highest BCUT2D eigenvalue weighted by Gasteiger charge is 2.14. The van der Waals surface area contributed by atoms with Crippen LogP contribution in [0, 0.1) is 6.92 Å². The third-order valence-corrected chi connectivity index (χ3v) is 3.86. The van der Waals surface area contributed by atoms with Crippen LogP contribution in [0.2, 0.25) is 0 Å². The molecule has 0 aliphatic rings. The Hall–Kier alpha value is -3.21. The third-order valence-electron chi connectivity index (χ3n) is 3.86. The van der Waals surface area contributed by atoms with Crippen LogP contribution >= 0.6 is 0 Å². The summed E-state index contributed by atoms with van der Waals surface area (Å²) >= 11 is 0. The molecule has 0 saturated heterocycles. The molecule has 5 heteroatoms. The Labute approximate surface area is 138 Å². The fraction of sp³-hybridized carbons (Fsp3) is 0.105. The van der Waals surface area contributed by atoms with Gasteiger partial charge < -0.3 is 9.73 Å². The summed E-state index contributed by atoms with van der Waals surface area (Å²) in [4.78, 5) is 21.3. The van der Waals surface area contributed by atoms with Crippen LogP contribution in [0.4, 0.5) is 0 Å². The van der Waals surface area contributed by atoms with Crippen LogP contribution in [0.3, 0.4) is 0 Å². The fourth-order valence-corrected chi connectivity index (χ4v) is 2.68. The summed E-state index contributed by atoms with van der Waals surface area (Å²) in [5, 5.41) is 3.86. The number of amides is 1. The van der Waals surface area contributed by atoms with E-state index < -0.39 is 0 Å². The summed E-state index contributed by atoms with van der Waals surface area (Å²) in [5.41, 5.74) is 3.24. The van der Waals surface area contributed by atoms with Gasteiger partial charge in [0.05, 0.1) is 23.3 Å². The molecule has 0 saturated carbocycles. The topological polar surface area (TPSA) is 68.0 Å². The molecule has 1 N–H and O–H groups in total. The summed E-state index contributed by atoms with van der Waals surface area (Å²) in [6.07, 6.45) is 0. The van der Waals surface area contributed by atoms with Crippen molar-refractivity contribution in [1.29, 1.82) is 0 Å². The van der Waals surface area contributed by atoms with Crippen molar-refractivity contribution in [3.63, 3.8) is 0 Å². The van der Waals surface area contributed by atoms with Gasteiger partial charge in [0.1, 0.15) is 17.0 Å². The highest BCUT2D eigenvalue weighted by molar-refractivity contribution is 5.95.